The van der Waals surface area contributed by atoms with Crippen LogP contribution in [-0.4, -0.2) is 27.7 Å². The van der Waals surface area contributed by atoms with Gasteiger partial charge in [0.25, 0.3) is 0 Å². The molecule has 0 aliphatic rings. The molecule has 0 amide bonds. The van der Waals surface area contributed by atoms with Crippen LogP contribution in [0.25, 0.3) is 0 Å². The molecule has 0 atom stereocenters. The zero-order valence-corrected chi connectivity index (χ0v) is 12.4. The molecular formula is C12H23N3OSi. The normalized spacial score (nSPS) is 13.1. The summed E-state index contributed by atoms with van der Waals surface area (Å²) >= 11 is 0. The minimum Gasteiger partial charge on any atom is -0.412 e. The first-order chi connectivity index (χ1) is 7.74. The van der Waals surface area contributed by atoms with E-state index >= 15 is 0 Å². The summed E-state index contributed by atoms with van der Waals surface area (Å²) in [6.45, 7) is 11.6. The van der Waals surface area contributed by atoms with E-state index in [0.717, 1.165) is 5.57 Å². The lowest BCUT2D eigenvalue weighted by Gasteiger charge is -2.36. The zero-order chi connectivity index (χ0) is 13.5. The summed E-state index contributed by atoms with van der Waals surface area (Å²) in [6, 6.07) is 1.98. The van der Waals surface area contributed by atoms with Crippen molar-refractivity contribution < 1.29 is 4.43 Å². The second kappa shape index (κ2) is 6.57. The van der Waals surface area contributed by atoms with Crippen molar-refractivity contribution in [2.75, 3.05) is 13.2 Å². The van der Waals surface area contributed by atoms with E-state index in [4.69, 9.17) is 15.1 Å². The van der Waals surface area contributed by atoms with Gasteiger partial charge in [0.1, 0.15) is 6.54 Å². The molecule has 0 rings (SSSR count). The van der Waals surface area contributed by atoms with Crippen LogP contribution in [0, 0.1) is 16.7 Å². The van der Waals surface area contributed by atoms with Crippen molar-refractivity contribution in [3.63, 3.8) is 0 Å². The highest BCUT2D eigenvalue weighted by atomic mass is 28.4. The van der Waals surface area contributed by atoms with E-state index in [9.17, 15) is 0 Å². The van der Waals surface area contributed by atoms with Gasteiger partial charge in [-0.1, -0.05) is 20.8 Å². The second-order valence-electron chi connectivity index (χ2n) is 5.45. The van der Waals surface area contributed by atoms with Gasteiger partial charge in [0.05, 0.1) is 12.7 Å². The van der Waals surface area contributed by atoms with Gasteiger partial charge in [-0.15, -0.1) is 0 Å². The number of rotatable bonds is 6. The smallest absolute Gasteiger partial charge is 0.192 e. The highest BCUT2D eigenvalue weighted by Gasteiger charge is 2.37. The van der Waals surface area contributed by atoms with Crippen molar-refractivity contribution in [1.29, 1.82) is 10.7 Å². The van der Waals surface area contributed by atoms with Crippen LogP contribution in [0.5, 0.6) is 0 Å². The van der Waals surface area contributed by atoms with Crippen molar-refractivity contribution in [2.24, 2.45) is 0 Å². The number of hydrogen-bond donors (Lipinski definition) is 2. The highest BCUT2D eigenvalue weighted by Crippen LogP contribution is 2.36. The fourth-order valence-electron chi connectivity index (χ4n) is 0.833. The molecule has 0 unspecified atom stereocenters. The maximum atomic E-state index is 8.39. The lowest BCUT2D eigenvalue weighted by Crippen LogP contribution is -2.41. The summed E-state index contributed by atoms with van der Waals surface area (Å²) < 4.78 is 5.97. The van der Waals surface area contributed by atoms with E-state index in [1.807, 2.05) is 6.07 Å². The molecule has 96 valence electrons. The van der Waals surface area contributed by atoms with Gasteiger partial charge in [-0.25, -0.2) is 0 Å². The van der Waals surface area contributed by atoms with Crippen LogP contribution in [0.4, 0.5) is 0 Å². The van der Waals surface area contributed by atoms with E-state index in [2.05, 4.69) is 39.2 Å². The number of hydrogen-bond acceptors (Lipinski definition) is 4. The second-order valence-corrected chi connectivity index (χ2v) is 10.3. The molecule has 0 heterocycles. The van der Waals surface area contributed by atoms with Crippen molar-refractivity contribution in [3.8, 4) is 6.07 Å². The first-order valence-electron chi connectivity index (χ1n) is 5.68. The Labute approximate surface area is 105 Å². The van der Waals surface area contributed by atoms with Gasteiger partial charge in [0, 0.05) is 18.0 Å². The predicted octanol–water partition coefficient (Wildman–Crippen LogP) is 2.65. The first kappa shape index (κ1) is 15.9. The molecule has 0 aliphatic carbocycles. The molecule has 0 aromatic carbocycles. The summed E-state index contributed by atoms with van der Waals surface area (Å²) in [5.41, 5.74) is 0.755. The third-order valence-corrected chi connectivity index (χ3v) is 7.54. The monoisotopic (exact) mass is 253 g/mol. The van der Waals surface area contributed by atoms with E-state index in [1.165, 1.54) is 6.21 Å². The average Bonchev–Trinajstić information content (AvgIpc) is 2.21. The molecule has 5 heteroatoms. The van der Waals surface area contributed by atoms with Gasteiger partial charge < -0.3 is 15.2 Å². The molecule has 17 heavy (non-hydrogen) atoms. The molecule has 0 aromatic heterocycles. The molecule has 2 N–H and O–H groups in total. The van der Waals surface area contributed by atoms with Crippen LogP contribution in [-0.2, 0) is 4.43 Å². The maximum Gasteiger partial charge on any atom is 0.192 e. The average molecular weight is 253 g/mol. The molecule has 0 aromatic rings. The van der Waals surface area contributed by atoms with E-state index < -0.39 is 8.32 Å². The molecule has 0 fully saturated rings. The fourth-order valence-corrected chi connectivity index (χ4v) is 1.79. The molecule has 0 spiro atoms. The van der Waals surface area contributed by atoms with Crippen LogP contribution < -0.4 is 5.32 Å². The van der Waals surface area contributed by atoms with Crippen molar-refractivity contribution in [3.05, 3.63) is 11.8 Å². The zero-order valence-electron chi connectivity index (χ0n) is 11.4. The van der Waals surface area contributed by atoms with Crippen LogP contribution >= 0.6 is 0 Å². The van der Waals surface area contributed by atoms with Crippen LogP contribution in [0.2, 0.25) is 18.1 Å². The minimum absolute atomic E-state index is 0.167. The maximum absolute atomic E-state index is 8.39. The Morgan fingerprint density at radius 1 is 1.47 bits per heavy atom. The Morgan fingerprint density at radius 2 is 2.06 bits per heavy atom. The minimum atomic E-state index is -1.77. The summed E-state index contributed by atoms with van der Waals surface area (Å²) in [7, 11) is -1.77. The molecule has 0 aliphatic heterocycles. The predicted molar refractivity (Wildman–Crippen MR) is 73.6 cm³/mol. The van der Waals surface area contributed by atoms with E-state index in [0.29, 0.717) is 6.61 Å². The summed E-state index contributed by atoms with van der Waals surface area (Å²) in [6.07, 6.45) is 2.93. The fraction of sp³-hybridized carbons (Fsp3) is 0.667. The Morgan fingerprint density at radius 3 is 2.47 bits per heavy atom. The molecule has 4 nitrogen and oxygen atoms in total. The van der Waals surface area contributed by atoms with Gasteiger partial charge in [0.15, 0.2) is 8.32 Å². The summed E-state index contributed by atoms with van der Waals surface area (Å²) in [4.78, 5) is 0. The molecular weight excluding hydrogens is 230 g/mol. The van der Waals surface area contributed by atoms with Gasteiger partial charge in [-0.2, -0.15) is 5.26 Å². The summed E-state index contributed by atoms with van der Waals surface area (Å²) in [5.74, 6) is 0. The Hall–Kier alpha value is -1.12. The third kappa shape index (κ3) is 5.66. The largest absolute Gasteiger partial charge is 0.412 e. The van der Waals surface area contributed by atoms with Gasteiger partial charge in [-0.05, 0) is 18.1 Å². The van der Waals surface area contributed by atoms with Crippen molar-refractivity contribution in [1.82, 2.24) is 5.32 Å². The number of nitrogens with zero attached hydrogens (tertiary/aromatic N) is 1. The third-order valence-electron chi connectivity index (χ3n) is 3.06. The van der Waals surface area contributed by atoms with Gasteiger partial charge in [0.2, 0.25) is 0 Å². The van der Waals surface area contributed by atoms with Gasteiger partial charge in [-0.3, -0.25) is 0 Å². The van der Waals surface area contributed by atoms with Crippen molar-refractivity contribution in [2.45, 2.75) is 38.9 Å². The van der Waals surface area contributed by atoms with E-state index in [1.54, 1.807) is 6.20 Å². The molecule has 0 saturated heterocycles. The topological polar surface area (TPSA) is 68.9 Å². The number of nitrogens with one attached hydrogen (secondary N) is 2. The summed E-state index contributed by atoms with van der Waals surface area (Å²) in [5, 5.41) is 18.7. The molecule has 0 bridgehead atoms. The Balaban J connectivity index is 4.39. The van der Waals surface area contributed by atoms with Crippen LogP contribution in [0.1, 0.15) is 20.8 Å². The lowest BCUT2D eigenvalue weighted by atomic mass is 10.2. The quantitative estimate of drug-likeness (QED) is 0.331. The number of nitriles is 1. The Bertz CT molecular complexity index is 324. The molecule has 0 radical (unpaired) electrons. The standard InChI is InChI=1S/C12H23N3OSi/c1-12(2,3)17(4,5)16-10-11(8-14)9-15-7-6-13/h8-9,14-15H,7,10H2,1-5H3/b11-9+,14-8?. The van der Waals surface area contributed by atoms with E-state index in [-0.39, 0.29) is 11.6 Å². The lowest BCUT2D eigenvalue weighted by molar-refractivity contribution is 0.323. The van der Waals surface area contributed by atoms with Gasteiger partial charge >= 0.3 is 0 Å². The first-order valence-corrected chi connectivity index (χ1v) is 8.59. The highest BCUT2D eigenvalue weighted by molar-refractivity contribution is 6.74. The SMILES string of the molecule is CC(C)(C)[Si](C)(C)OC/C(C=N)=C/NCC#N. The Kier molecular flexibility index (Phi) is 6.14. The molecule has 0 saturated carbocycles. The van der Waals surface area contributed by atoms with Crippen LogP contribution in [0.15, 0.2) is 11.8 Å². The van der Waals surface area contributed by atoms with Crippen molar-refractivity contribution >= 4 is 14.5 Å². The van der Waals surface area contributed by atoms with Crippen LogP contribution in [0.3, 0.4) is 0 Å².